The Labute approximate surface area is 140 Å². The summed E-state index contributed by atoms with van der Waals surface area (Å²) in [4.78, 5) is 14.9. The highest BCUT2D eigenvalue weighted by atomic mass is 19.1. The van der Waals surface area contributed by atoms with E-state index in [9.17, 15) is 9.18 Å². The molecule has 1 aliphatic rings. The van der Waals surface area contributed by atoms with E-state index in [0.29, 0.717) is 5.56 Å². The Bertz CT molecular complexity index is 854. The van der Waals surface area contributed by atoms with Gasteiger partial charge in [-0.15, -0.1) is 0 Å². The number of carbonyl (C=O) groups is 1. The van der Waals surface area contributed by atoms with Gasteiger partial charge in [-0.3, -0.25) is 9.69 Å². The Balaban J connectivity index is 1.89. The van der Waals surface area contributed by atoms with Crippen LogP contribution in [0.4, 0.5) is 15.8 Å². The van der Waals surface area contributed by atoms with Crippen molar-refractivity contribution in [2.45, 2.75) is 12.8 Å². The number of hydrogen-bond donors (Lipinski definition) is 0. The molecule has 3 aromatic rings. The van der Waals surface area contributed by atoms with E-state index in [1.165, 1.54) is 24.3 Å². The molecule has 4 rings (SSSR count). The number of fused-ring (bicyclic) bond motifs is 2. The van der Waals surface area contributed by atoms with Crippen LogP contribution >= 0.6 is 0 Å². The van der Waals surface area contributed by atoms with Crippen LogP contribution in [-0.2, 0) is 12.8 Å². The van der Waals surface area contributed by atoms with Crippen LogP contribution in [0.3, 0.4) is 0 Å². The van der Waals surface area contributed by atoms with Crippen molar-refractivity contribution in [3.8, 4) is 0 Å². The number of rotatable bonds is 1. The van der Waals surface area contributed by atoms with Gasteiger partial charge in [0.25, 0.3) is 5.91 Å². The molecule has 0 spiro atoms. The number of carbonyl (C=O) groups excluding carboxylic acids is 1. The summed E-state index contributed by atoms with van der Waals surface area (Å²) in [5, 5.41) is 0. The molecule has 118 valence electrons. The average molecular weight is 317 g/mol. The van der Waals surface area contributed by atoms with E-state index < -0.39 is 0 Å². The molecule has 0 saturated carbocycles. The fourth-order valence-electron chi connectivity index (χ4n) is 3.22. The van der Waals surface area contributed by atoms with Crippen molar-refractivity contribution < 1.29 is 9.18 Å². The lowest BCUT2D eigenvalue weighted by molar-refractivity contribution is 0.0999. The molecule has 0 aliphatic carbocycles. The number of para-hydroxylation sites is 2. The molecule has 1 aliphatic heterocycles. The molecular weight excluding hydrogens is 301 g/mol. The fourth-order valence-corrected chi connectivity index (χ4v) is 3.22. The molecule has 2 nitrogen and oxygen atoms in total. The molecule has 3 aromatic carbocycles. The molecule has 0 atom stereocenters. The van der Waals surface area contributed by atoms with Crippen molar-refractivity contribution in [1.29, 1.82) is 0 Å². The van der Waals surface area contributed by atoms with Crippen LogP contribution in [0, 0.1) is 5.82 Å². The zero-order valence-electron chi connectivity index (χ0n) is 13.1. The van der Waals surface area contributed by atoms with Gasteiger partial charge in [-0.25, -0.2) is 4.39 Å². The van der Waals surface area contributed by atoms with E-state index in [0.717, 1.165) is 35.3 Å². The number of hydrogen-bond acceptors (Lipinski definition) is 1. The first-order valence-corrected chi connectivity index (χ1v) is 8.00. The Kier molecular flexibility index (Phi) is 3.62. The van der Waals surface area contributed by atoms with Crippen LogP contribution in [0.25, 0.3) is 0 Å². The van der Waals surface area contributed by atoms with Gasteiger partial charge in [0, 0.05) is 5.56 Å². The highest BCUT2D eigenvalue weighted by Gasteiger charge is 2.26. The van der Waals surface area contributed by atoms with E-state index in [4.69, 9.17) is 0 Å². The summed E-state index contributed by atoms with van der Waals surface area (Å²) < 4.78 is 13.2. The lowest BCUT2D eigenvalue weighted by Crippen LogP contribution is -2.26. The van der Waals surface area contributed by atoms with Gasteiger partial charge < -0.3 is 0 Å². The smallest absolute Gasteiger partial charge is 0.262 e. The molecular formula is C21H16FNO. The van der Waals surface area contributed by atoms with E-state index in [1.807, 2.05) is 36.4 Å². The lowest BCUT2D eigenvalue weighted by atomic mass is 10.0. The monoisotopic (exact) mass is 317 g/mol. The second-order valence-electron chi connectivity index (χ2n) is 5.90. The van der Waals surface area contributed by atoms with E-state index in [-0.39, 0.29) is 11.7 Å². The van der Waals surface area contributed by atoms with Gasteiger partial charge in [-0.2, -0.15) is 0 Å². The lowest BCUT2D eigenvalue weighted by Gasteiger charge is -2.25. The summed E-state index contributed by atoms with van der Waals surface area (Å²) in [6.07, 6.45) is 1.78. The number of benzene rings is 3. The quantitative estimate of drug-likeness (QED) is 0.625. The molecule has 0 saturated heterocycles. The van der Waals surface area contributed by atoms with Crippen LogP contribution in [0.15, 0.2) is 72.8 Å². The Hall–Kier alpha value is -2.94. The molecule has 0 radical (unpaired) electrons. The van der Waals surface area contributed by atoms with E-state index in [1.54, 1.807) is 4.90 Å². The summed E-state index contributed by atoms with van der Waals surface area (Å²) >= 11 is 0. The summed E-state index contributed by atoms with van der Waals surface area (Å²) in [6, 6.07) is 21.7. The molecule has 3 heteroatoms. The van der Waals surface area contributed by atoms with Crippen LogP contribution < -0.4 is 4.90 Å². The van der Waals surface area contributed by atoms with Crippen LogP contribution in [0.5, 0.6) is 0 Å². The van der Waals surface area contributed by atoms with Crippen LogP contribution in [0.2, 0.25) is 0 Å². The third-order valence-corrected chi connectivity index (χ3v) is 4.42. The van der Waals surface area contributed by atoms with Crippen molar-refractivity contribution in [2.24, 2.45) is 0 Å². The largest absolute Gasteiger partial charge is 0.276 e. The third kappa shape index (κ3) is 2.48. The van der Waals surface area contributed by atoms with Gasteiger partial charge in [0.05, 0.1) is 11.4 Å². The van der Waals surface area contributed by atoms with Gasteiger partial charge >= 0.3 is 0 Å². The normalized spacial score (nSPS) is 13.0. The number of amides is 1. The molecule has 1 amide bonds. The van der Waals surface area contributed by atoms with Crippen molar-refractivity contribution in [3.05, 3.63) is 95.3 Å². The summed E-state index contributed by atoms with van der Waals surface area (Å²) in [5.74, 6) is -0.486. The first-order valence-electron chi connectivity index (χ1n) is 8.00. The summed E-state index contributed by atoms with van der Waals surface area (Å²) in [5.41, 5.74) is 4.56. The second kappa shape index (κ2) is 5.93. The minimum absolute atomic E-state index is 0.142. The third-order valence-electron chi connectivity index (χ3n) is 4.42. The Morgan fingerprint density at radius 3 is 1.79 bits per heavy atom. The van der Waals surface area contributed by atoms with Gasteiger partial charge in [0.1, 0.15) is 5.82 Å². The number of aryl methyl sites for hydroxylation is 2. The van der Waals surface area contributed by atoms with E-state index in [2.05, 4.69) is 12.1 Å². The van der Waals surface area contributed by atoms with E-state index >= 15 is 0 Å². The van der Waals surface area contributed by atoms with Gasteiger partial charge in [0.2, 0.25) is 0 Å². The van der Waals surface area contributed by atoms with Crippen molar-refractivity contribution in [2.75, 3.05) is 4.90 Å². The van der Waals surface area contributed by atoms with Crippen LogP contribution in [0.1, 0.15) is 21.5 Å². The molecule has 0 unspecified atom stereocenters. The van der Waals surface area contributed by atoms with Gasteiger partial charge in [-0.05, 0) is 60.4 Å². The Morgan fingerprint density at radius 1 is 0.750 bits per heavy atom. The summed E-state index contributed by atoms with van der Waals surface area (Å²) in [6.45, 7) is 0. The average Bonchev–Trinajstić information content (AvgIpc) is 2.79. The molecule has 0 bridgehead atoms. The molecule has 24 heavy (non-hydrogen) atoms. The van der Waals surface area contributed by atoms with Crippen molar-refractivity contribution in [1.82, 2.24) is 0 Å². The molecule has 0 fully saturated rings. The fraction of sp³-hybridized carbons (Fsp3) is 0.0952. The minimum atomic E-state index is -0.344. The van der Waals surface area contributed by atoms with Crippen molar-refractivity contribution in [3.63, 3.8) is 0 Å². The maximum absolute atomic E-state index is 13.2. The topological polar surface area (TPSA) is 20.3 Å². The molecule has 0 N–H and O–H groups in total. The number of anilines is 2. The summed E-state index contributed by atoms with van der Waals surface area (Å²) in [7, 11) is 0. The number of nitrogens with zero attached hydrogens (tertiary/aromatic N) is 1. The zero-order valence-corrected chi connectivity index (χ0v) is 13.1. The first-order chi connectivity index (χ1) is 11.7. The van der Waals surface area contributed by atoms with Crippen molar-refractivity contribution >= 4 is 17.3 Å². The molecule has 0 aromatic heterocycles. The predicted octanol–water partition coefficient (Wildman–Crippen LogP) is 4.90. The SMILES string of the molecule is O=C(c1ccc(F)cc1)N1c2ccccc2CCc2ccccc21. The second-order valence-corrected chi connectivity index (χ2v) is 5.90. The van der Waals surface area contributed by atoms with Gasteiger partial charge in [0.15, 0.2) is 0 Å². The first kappa shape index (κ1) is 14.6. The van der Waals surface area contributed by atoms with Gasteiger partial charge in [-0.1, -0.05) is 36.4 Å². The maximum atomic E-state index is 13.2. The predicted molar refractivity (Wildman–Crippen MR) is 93.2 cm³/mol. The zero-order chi connectivity index (χ0) is 16.5. The Morgan fingerprint density at radius 2 is 1.25 bits per heavy atom. The highest BCUT2D eigenvalue weighted by molar-refractivity contribution is 6.11. The highest BCUT2D eigenvalue weighted by Crippen LogP contribution is 2.36. The maximum Gasteiger partial charge on any atom is 0.262 e. The minimum Gasteiger partial charge on any atom is -0.276 e. The van der Waals surface area contributed by atoms with Crippen LogP contribution in [-0.4, -0.2) is 5.91 Å². The number of halogens is 1. The standard InChI is InChI=1S/C21H16FNO/c22-18-13-11-17(12-14-18)21(24)23-19-7-3-1-5-15(19)9-10-16-6-2-4-8-20(16)23/h1-8,11-14H,9-10H2. The molecule has 1 heterocycles.